The third-order valence-corrected chi connectivity index (χ3v) is 3.87. The normalized spacial score (nSPS) is 10.4. The molecule has 9 heteroatoms. The average molecular weight is 353 g/mol. The molecule has 0 bridgehead atoms. The molecule has 1 amide bonds. The smallest absolute Gasteiger partial charge is 0.294 e. The largest absolute Gasteiger partial charge is 0.484 e. The van der Waals surface area contributed by atoms with Crippen molar-refractivity contribution < 1.29 is 9.53 Å². The molecule has 20 heavy (non-hydrogen) atoms. The van der Waals surface area contributed by atoms with Gasteiger partial charge in [0.25, 0.3) is 5.91 Å². The van der Waals surface area contributed by atoms with Gasteiger partial charge in [-0.3, -0.25) is 10.2 Å². The van der Waals surface area contributed by atoms with E-state index in [-0.39, 0.29) is 11.6 Å². The molecule has 0 radical (unpaired) electrons. The van der Waals surface area contributed by atoms with Crippen LogP contribution >= 0.6 is 46.1 Å². The Morgan fingerprint density at radius 1 is 1.35 bits per heavy atom. The average Bonchev–Trinajstić information content (AvgIpc) is 2.85. The molecule has 0 atom stereocenters. The summed E-state index contributed by atoms with van der Waals surface area (Å²) in [5.74, 6) is 4.88. The minimum absolute atomic E-state index is 0.120. The van der Waals surface area contributed by atoms with E-state index < -0.39 is 5.91 Å². The van der Waals surface area contributed by atoms with Crippen LogP contribution in [0.2, 0.25) is 15.1 Å². The Labute approximate surface area is 133 Å². The SMILES string of the molecule is NNC(=O)c1nc(COc2c(Cl)cc(Cl)cc2Cl)cs1. The number of hydrogen-bond donors (Lipinski definition) is 2. The second-order valence-corrected chi connectivity index (χ2v) is 5.71. The first-order chi connectivity index (χ1) is 9.51. The van der Waals surface area contributed by atoms with Gasteiger partial charge in [0.05, 0.1) is 15.7 Å². The van der Waals surface area contributed by atoms with Crippen LogP contribution in [0.15, 0.2) is 17.5 Å². The first-order valence-corrected chi connectivity index (χ1v) is 7.25. The highest BCUT2D eigenvalue weighted by molar-refractivity contribution is 7.11. The molecule has 1 heterocycles. The molecule has 0 aliphatic carbocycles. The van der Waals surface area contributed by atoms with Crippen LogP contribution in [0.4, 0.5) is 0 Å². The zero-order chi connectivity index (χ0) is 14.7. The van der Waals surface area contributed by atoms with Crippen molar-refractivity contribution >= 4 is 52.0 Å². The van der Waals surface area contributed by atoms with Crippen LogP contribution < -0.4 is 16.0 Å². The molecule has 1 aromatic heterocycles. The molecule has 5 nitrogen and oxygen atoms in total. The number of nitrogen functional groups attached to an aromatic ring is 1. The van der Waals surface area contributed by atoms with Crippen LogP contribution in [0.25, 0.3) is 0 Å². The van der Waals surface area contributed by atoms with E-state index in [1.165, 1.54) is 12.1 Å². The van der Waals surface area contributed by atoms with E-state index in [0.717, 1.165) is 11.3 Å². The third-order valence-electron chi connectivity index (χ3n) is 2.20. The molecule has 0 aliphatic rings. The number of hydrazine groups is 1. The van der Waals surface area contributed by atoms with Crippen LogP contribution in [0.5, 0.6) is 5.75 Å². The third kappa shape index (κ3) is 3.53. The van der Waals surface area contributed by atoms with Gasteiger partial charge in [0.15, 0.2) is 10.8 Å². The van der Waals surface area contributed by atoms with Crippen molar-refractivity contribution in [3.63, 3.8) is 0 Å². The quantitative estimate of drug-likeness (QED) is 0.503. The van der Waals surface area contributed by atoms with Crippen LogP contribution in [0, 0.1) is 0 Å². The number of nitrogens with zero attached hydrogens (tertiary/aromatic N) is 1. The Balaban J connectivity index is 2.09. The van der Waals surface area contributed by atoms with Gasteiger partial charge >= 0.3 is 0 Å². The highest BCUT2D eigenvalue weighted by Crippen LogP contribution is 2.36. The predicted octanol–water partition coefficient (Wildman–Crippen LogP) is 3.29. The van der Waals surface area contributed by atoms with Gasteiger partial charge in [0, 0.05) is 10.4 Å². The summed E-state index contributed by atoms with van der Waals surface area (Å²) in [7, 11) is 0. The standard InChI is InChI=1S/C11H8Cl3N3O2S/c12-5-1-7(13)9(8(14)2-5)19-3-6-4-20-11(16-6)10(18)17-15/h1-2,4H,3,15H2,(H,17,18). The van der Waals surface area contributed by atoms with Crippen LogP contribution in [-0.2, 0) is 6.61 Å². The maximum absolute atomic E-state index is 11.3. The number of aromatic nitrogens is 1. The lowest BCUT2D eigenvalue weighted by Gasteiger charge is -2.08. The summed E-state index contributed by atoms with van der Waals surface area (Å²) < 4.78 is 5.49. The lowest BCUT2D eigenvalue weighted by Crippen LogP contribution is -2.29. The topological polar surface area (TPSA) is 77.2 Å². The number of ether oxygens (including phenoxy) is 1. The van der Waals surface area contributed by atoms with E-state index in [9.17, 15) is 4.79 Å². The summed E-state index contributed by atoms with van der Waals surface area (Å²) in [6.45, 7) is 0.120. The van der Waals surface area contributed by atoms with E-state index in [1.54, 1.807) is 5.38 Å². The number of halogens is 3. The minimum atomic E-state index is -0.455. The zero-order valence-corrected chi connectivity index (χ0v) is 12.9. The Hall–Kier alpha value is -1.05. The van der Waals surface area contributed by atoms with Gasteiger partial charge in [-0.1, -0.05) is 34.8 Å². The van der Waals surface area contributed by atoms with E-state index in [2.05, 4.69) is 4.98 Å². The fourth-order valence-electron chi connectivity index (χ4n) is 1.35. The molecule has 0 unspecified atom stereocenters. The fourth-order valence-corrected chi connectivity index (χ4v) is 2.98. The van der Waals surface area contributed by atoms with E-state index >= 15 is 0 Å². The van der Waals surface area contributed by atoms with Crippen molar-refractivity contribution in [3.8, 4) is 5.75 Å². The molecule has 0 aliphatic heterocycles. The minimum Gasteiger partial charge on any atom is -0.484 e. The Kier molecular flexibility index (Phi) is 5.06. The number of nitrogens with two attached hydrogens (primary N) is 1. The number of carbonyl (C=O) groups excluding carboxylic acids is 1. The molecule has 2 rings (SSSR count). The van der Waals surface area contributed by atoms with Gasteiger partial charge in [-0.2, -0.15) is 0 Å². The van der Waals surface area contributed by atoms with Crippen molar-refractivity contribution in [2.45, 2.75) is 6.61 Å². The molecule has 0 saturated carbocycles. The van der Waals surface area contributed by atoms with Crippen molar-refractivity contribution in [3.05, 3.63) is 43.3 Å². The second-order valence-electron chi connectivity index (χ2n) is 3.60. The maximum atomic E-state index is 11.3. The van der Waals surface area contributed by atoms with Crippen LogP contribution in [-0.4, -0.2) is 10.9 Å². The van der Waals surface area contributed by atoms with Gasteiger partial charge in [-0.15, -0.1) is 11.3 Å². The first-order valence-electron chi connectivity index (χ1n) is 5.24. The number of rotatable bonds is 4. The van der Waals surface area contributed by atoms with E-state index in [4.69, 9.17) is 45.4 Å². The monoisotopic (exact) mass is 351 g/mol. The highest BCUT2D eigenvalue weighted by atomic mass is 35.5. The molecule has 2 aromatic rings. The van der Waals surface area contributed by atoms with Gasteiger partial charge in [-0.05, 0) is 12.1 Å². The van der Waals surface area contributed by atoms with Crippen LogP contribution in [0.3, 0.4) is 0 Å². The van der Waals surface area contributed by atoms with Crippen molar-refractivity contribution in [2.24, 2.45) is 5.84 Å². The highest BCUT2D eigenvalue weighted by Gasteiger charge is 2.12. The number of nitrogens with one attached hydrogen (secondary N) is 1. The van der Waals surface area contributed by atoms with Gasteiger partial charge in [0.1, 0.15) is 6.61 Å². The molecular formula is C11H8Cl3N3O2S. The summed E-state index contributed by atoms with van der Waals surface area (Å²) in [6.07, 6.45) is 0. The second kappa shape index (κ2) is 6.60. The zero-order valence-electron chi connectivity index (χ0n) is 9.82. The maximum Gasteiger partial charge on any atom is 0.294 e. The number of amides is 1. The number of hydrogen-bond acceptors (Lipinski definition) is 5. The van der Waals surface area contributed by atoms with Gasteiger partial charge < -0.3 is 4.74 Å². The summed E-state index contributed by atoms with van der Waals surface area (Å²) >= 11 is 18.9. The van der Waals surface area contributed by atoms with Crippen LogP contribution in [0.1, 0.15) is 15.5 Å². The Morgan fingerprint density at radius 2 is 2.00 bits per heavy atom. The number of carbonyl (C=O) groups is 1. The molecule has 0 fully saturated rings. The van der Waals surface area contributed by atoms with E-state index in [0.29, 0.717) is 26.5 Å². The van der Waals surface area contributed by atoms with Crippen molar-refractivity contribution in [1.82, 2.24) is 10.4 Å². The molecule has 0 saturated heterocycles. The van der Waals surface area contributed by atoms with Crippen molar-refractivity contribution in [2.75, 3.05) is 0 Å². The lowest BCUT2D eigenvalue weighted by molar-refractivity contribution is 0.0953. The molecular weight excluding hydrogens is 345 g/mol. The summed E-state index contributed by atoms with van der Waals surface area (Å²) in [5, 5.41) is 2.96. The first kappa shape index (κ1) is 15.3. The van der Waals surface area contributed by atoms with Gasteiger partial charge in [-0.25, -0.2) is 10.8 Å². The summed E-state index contributed by atoms with van der Waals surface area (Å²) in [4.78, 5) is 15.3. The van der Waals surface area contributed by atoms with E-state index in [1.807, 2.05) is 5.43 Å². The molecule has 1 aromatic carbocycles. The lowest BCUT2D eigenvalue weighted by atomic mass is 10.3. The summed E-state index contributed by atoms with van der Waals surface area (Å²) in [6, 6.07) is 3.05. The van der Waals surface area contributed by atoms with Gasteiger partial charge in [0.2, 0.25) is 0 Å². The number of thiazole rings is 1. The van der Waals surface area contributed by atoms with Crippen molar-refractivity contribution in [1.29, 1.82) is 0 Å². The summed E-state index contributed by atoms with van der Waals surface area (Å²) in [5.41, 5.74) is 2.57. The Morgan fingerprint density at radius 3 is 2.60 bits per heavy atom. The Bertz CT molecular complexity index is 625. The molecule has 3 N–H and O–H groups in total. The fraction of sp³-hybridized carbons (Fsp3) is 0.0909. The predicted molar refractivity (Wildman–Crippen MR) is 79.6 cm³/mol. The molecule has 0 spiro atoms. The number of benzene rings is 1. The molecule has 106 valence electrons.